The summed E-state index contributed by atoms with van der Waals surface area (Å²) in [5.74, 6) is -2.19. The summed E-state index contributed by atoms with van der Waals surface area (Å²) < 4.78 is 64.6. The first-order valence-corrected chi connectivity index (χ1v) is 15.1. The number of nitrogens with zero attached hydrogens (tertiary/aromatic N) is 4. The molecular formula is C30H31F4N5O5S. The van der Waals surface area contributed by atoms with Crippen LogP contribution >= 0.6 is 11.3 Å². The summed E-state index contributed by atoms with van der Waals surface area (Å²) in [5, 5.41) is 14.0. The van der Waals surface area contributed by atoms with Crippen molar-refractivity contribution in [2.24, 2.45) is 0 Å². The zero-order valence-corrected chi connectivity index (χ0v) is 25.7. The van der Waals surface area contributed by atoms with E-state index in [2.05, 4.69) is 20.0 Å². The maximum absolute atomic E-state index is 15.1. The smallest absolute Gasteiger partial charge is 0.443 e. The van der Waals surface area contributed by atoms with Gasteiger partial charge in [0.1, 0.15) is 11.3 Å². The van der Waals surface area contributed by atoms with Crippen LogP contribution in [0.15, 0.2) is 30.5 Å². The minimum absolute atomic E-state index is 0.177. The molecule has 1 aliphatic carbocycles. The second kappa shape index (κ2) is 10.6. The molecule has 3 aromatic rings. The molecular weight excluding hydrogens is 618 g/mol. The summed E-state index contributed by atoms with van der Waals surface area (Å²) in [6, 6.07) is 5.29. The molecule has 2 N–H and O–H groups in total. The maximum atomic E-state index is 15.1. The Morgan fingerprint density at radius 1 is 1.11 bits per heavy atom. The standard InChI is InChI=1S/C30H31F4N5O5S/c1-27(2,3)44-26(41)39-24(40)17-14-21(45-23(17)28(39)7-8-28)22-18(31)15-35-25(37-22)36-19-13-16(5-6-20(19)43-30(32,33)34)29(42)9-11-38(4)12-10-29/h5-6,13-15,42H,7-12H2,1-4H3,(H,35,36,37). The van der Waals surface area contributed by atoms with E-state index in [1.54, 1.807) is 20.8 Å². The van der Waals surface area contributed by atoms with Crippen molar-refractivity contribution in [2.45, 2.75) is 69.6 Å². The van der Waals surface area contributed by atoms with Gasteiger partial charge in [0.2, 0.25) is 5.95 Å². The zero-order valence-electron chi connectivity index (χ0n) is 24.9. The molecule has 0 radical (unpaired) electrons. The highest BCUT2D eigenvalue weighted by Crippen LogP contribution is 2.60. The number of amides is 2. The molecule has 3 aliphatic rings. The average molecular weight is 650 g/mol. The molecule has 4 heterocycles. The predicted molar refractivity (Wildman–Crippen MR) is 156 cm³/mol. The number of halogens is 4. The molecule has 1 spiro atoms. The summed E-state index contributed by atoms with van der Waals surface area (Å²) in [4.78, 5) is 38.4. The lowest BCUT2D eigenvalue weighted by atomic mass is 9.84. The first kappa shape index (κ1) is 31.2. The Morgan fingerprint density at radius 3 is 2.42 bits per heavy atom. The van der Waals surface area contributed by atoms with Crippen molar-refractivity contribution in [1.29, 1.82) is 0 Å². The fourth-order valence-corrected chi connectivity index (χ4v) is 7.07. The fraction of sp³-hybridized carbons (Fsp3) is 0.467. The number of thiophene rings is 1. The third-order valence-corrected chi connectivity index (χ3v) is 9.43. The number of anilines is 2. The number of imide groups is 1. The Labute approximate surface area is 260 Å². The van der Waals surface area contributed by atoms with E-state index in [4.69, 9.17) is 4.74 Å². The number of hydrogen-bond acceptors (Lipinski definition) is 10. The van der Waals surface area contributed by atoms with Gasteiger partial charge in [-0.3, -0.25) is 4.79 Å². The van der Waals surface area contributed by atoms with Crippen LogP contribution in [0.5, 0.6) is 5.75 Å². The third kappa shape index (κ3) is 5.95. The summed E-state index contributed by atoms with van der Waals surface area (Å²) in [6.07, 6.45) is -3.08. The number of hydrogen-bond donors (Lipinski definition) is 2. The fourth-order valence-electron chi connectivity index (χ4n) is 5.69. The highest BCUT2D eigenvalue weighted by atomic mass is 32.1. The second-order valence-corrected chi connectivity index (χ2v) is 13.7. The number of fused-ring (bicyclic) bond motifs is 2. The minimum Gasteiger partial charge on any atom is -0.443 e. The van der Waals surface area contributed by atoms with Crippen LogP contribution in [0, 0.1) is 5.82 Å². The van der Waals surface area contributed by atoms with Crippen LogP contribution in [0.2, 0.25) is 0 Å². The lowest BCUT2D eigenvalue weighted by Gasteiger charge is -2.37. The van der Waals surface area contributed by atoms with Crippen molar-refractivity contribution in [1.82, 2.24) is 19.8 Å². The number of aliphatic hydroxyl groups is 1. The first-order chi connectivity index (χ1) is 21.0. The molecule has 1 saturated heterocycles. The average Bonchev–Trinajstić information content (AvgIpc) is 3.53. The number of aromatic nitrogens is 2. The number of alkyl halides is 3. The van der Waals surface area contributed by atoms with E-state index in [-0.39, 0.29) is 27.8 Å². The molecule has 0 bridgehead atoms. The largest absolute Gasteiger partial charge is 0.573 e. The lowest BCUT2D eigenvalue weighted by molar-refractivity contribution is -0.274. The SMILES string of the molecule is CN1CCC(O)(c2ccc(OC(F)(F)F)c(Nc3ncc(F)c(-c4cc5c(s4)C4(CC4)N(C(=O)OC(C)(C)C)C5=O)n3)c2)CC1. The summed E-state index contributed by atoms with van der Waals surface area (Å²) in [5.41, 5.74) is -2.67. The number of rotatable bonds is 5. The molecule has 6 rings (SSSR count). The highest BCUT2D eigenvalue weighted by Gasteiger charge is 2.62. The highest BCUT2D eigenvalue weighted by molar-refractivity contribution is 7.16. The van der Waals surface area contributed by atoms with Gasteiger partial charge < -0.3 is 24.8 Å². The van der Waals surface area contributed by atoms with Gasteiger partial charge in [-0.15, -0.1) is 24.5 Å². The Bertz CT molecular complexity index is 1680. The lowest BCUT2D eigenvalue weighted by Crippen LogP contribution is -2.42. The van der Waals surface area contributed by atoms with Crippen molar-refractivity contribution in [2.75, 3.05) is 25.5 Å². The van der Waals surface area contributed by atoms with Gasteiger partial charge in [-0.2, -0.15) is 0 Å². The van der Waals surface area contributed by atoms with Gasteiger partial charge in [-0.1, -0.05) is 6.07 Å². The van der Waals surface area contributed by atoms with Crippen molar-refractivity contribution in [3.63, 3.8) is 0 Å². The quantitative estimate of drug-likeness (QED) is 0.308. The molecule has 45 heavy (non-hydrogen) atoms. The predicted octanol–water partition coefficient (Wildman–Crippen LogP) is 6.28. The number of nitrogens with one attached hydrogen (secondary N) is 1. The van der Waals surface area contributed by atoms with E-state index in [0.717, 1.165) is 28.5 Å². The van der Waals surface area contributed by atoms with Crippen LogP contribution in [0.3, 0.4) is 0 Å². The summed E-state index contributed by atoms with van der Waals surface area (Å²) >= 11 is 1.11. The topological polar surface area (TPSA) is 117 Å². The number of benzene rings is 1. The third-order valence-electron chi connectivity index (χ3n) is 8.10. The van der Waals surface area contributed by atoms with Crippen molar-refractivity contribution < 1.29 is 41.7 Å². The Hall–Kier alpha value is -3.82. The Kier molecular flexibility index (Phi) is 7.36. The van der Waals surface area contributed by atoms with Gasteiger partial charge in [0.25, 0.3) is 5.91 Å². The number of piperidine rings is 1. The molecule has 2 fully saturated rings. The Balaban J connectivity index is 1.32. The van der Waals surface area contributed by atoms with Crippen molar-refractivity contribution in [3.05, 3.63) is 52.3 Å². The Morgan fingerprint density at radius 2 is 1.80 bits per heavy atom. The van der Waals surface area contributed by atoms with Crippen LogP contribution in [0.4, 0.5) is 34.0 Å². The molecule has 0 unspecified atom stereocenters. The van der Waals surface area contributed by atoms with E-state index in [1.807, 2.05) is 11.9 Å². The van der Waals surface area contributed by atoms with E-state index >= 15 is 4.39 Å². The van der Waals surface area contributed by atoms with Crippen molar-refractivity contribution >= 4 is 35.0 Å². The molecule has 2 aromatic heterocycles. The van der Waals surface area contributed by atoms with Crippen LogP contribution in [-0.4, -0.2) is 69.0 Å². The number of carbonyl (C=O) groups is 2. The van der Waals surface area contributed by atoms with E-state index in [1.165, 1.54) is 18.2 Å². The van der Waals surface area contributed by atoms with Crippen LogP contribution in [0.25, 0.3) is 10.6 Å². The van der Waals surface area contributed by atoms with Gasteiger partial charge in [-0.05, 0) is 77.3 Å². The summed E-state index contributed by atoms with van der Waals surface area (Å²) in [7, 11) is 1.91. The summed E-state index contributed by atoms with van der Waals surface area (Å²) in [6.45, 7) is 6.29. The zero-order chi connectivity index (χ0) is 32.5. The molecule has 2 amide bonds. The van der Waals surface area contributed by atoms with Gasteiger partial charge in [0.05, 0.1) is 33.5 Å². The van der Waals surface area contributed by atoms with E-state index in [0.29, 0.717) is 49.2 Å². The minimum atomic E-state index is -5.01. The van der Waals surface area contributed by atoms with Gasteiger partial charge in [-0.25, -0.2) is 24.1 Å². The van der Waals surface area contributed by atoms with Crippen LogP contribution in [-0.2, 0) is 15.9 Å². The number of carbonyl (C=O) groups excluding carboxylic acids is 2. The van der Waals surface area contributed by atoms with E-state index < -0.39 is 46.7 Å². The number of likely N-dealkylation sites (tertiary alicyclic amines) is 1. The molecule has 240 valence electrons. The molecule has 10 nitrogen and oxygen atoms in total. The molecule has 0 atom stereocenters. The number of ether oxygens (including phenoxy) is 2. The van der Waals surface area contributed by atoms with E-state index in [9.17, 15) is 27.9 Å². The first-order valence-electron chi connectivity index (χ1n) is 14.3. The molecule has 1 saturated carbocycles. The molecule has 1 aromatic carbocycles. The van der Waals surface area contributed by atoms with Gasteiger partial charge in [0.15, 0.2) is 11.6 Å². The van der Waals surface area contributed by atoms with Crippen LogP contribution in [0.1, 0.15) is 67.3 Å². The monoisotopic (exact) mass is 649 g/mol. The van der Waals surface area contributed by atoms with Crippen LogP contribution < -0.4 is 10.1 Å². The normalized spacial score (nSPS) is 19.0. The van der Waals surface area contributed by atoms with Gasteiger partial charge >= 0.3 is 12.5 Å². The second-order valence-electron chi connectivity index (χ2n) is 12.6. The van der Waals surface area contributed by atoms with Crippen molar-refractivity contribution in [3.8, 4) is 16.3 Å². The maximum Gasteiger partial charge on any atom is 0.573 e. The molecule has 2 aliphatic heterocycles. The van der Waals surface area contributed by atoms with Gasteiger partial charge in [0, 0.05) is 18.0 Å². The molecule has 15 heteroatoms.